The van der Waals surface area contributed by atoms with Gasteiger partial charge in [0.2, 0.25) is 0 Å². The van der Waals surface area contributed by atoms with E-state index in [1.54, 1.807) is 13.1 Å². The Balaban J connectivity index is 2.25. The molecule has 0 amide bonds. The topological polar surface area (TPSA) is 71.1 Å². The number of anilines is 1. The molecule has 0 radical (unpaired) electrons. The normalized spacial score (nSPS) is 11.4. The summed E-state index contributed by atoms with van der Waals surface area (Å²) in [5, 5.41) is 2.78. The van der Waals surface area contributed by atoms with Gasteiger partial charge in [-0.15, -0.1) is 0 Å². The lowest BCUT2D eigenvalue weighted by atomic mass is 10.3. The van der Waals surface area contributed by atoms with Crippen LogP contribution in [0.25, 0.3) is 0 Å². The molecule has 0 aliphatic carbocycles. The van der Waals surface area contributed by atoms with Gasteiger partial charge >= 0.3 is 0 Å². The highest BCUT2D eigenvalue weighted by molar-refractivity contribution is 7.92. The predicted molar refractivity (Wildman–Crippen MR) is 79.2 cm³/mol. The maximum absolute atomic E-state index is 12.9. The number of sulfonamides is 1. The molecule has 112 valence electrons. The summed E-state index contributed by atoms with van der Waals surface area (Å²) in [6.07, 6.45) is 1.47. The van der Waals surface area contributed by atoms with E-state index < -0.39 is 15.8 Å². The molecule has 1 heterocycles. The zero-order valence-corrected chi connectivity index (χ0v) is 12.7. The second-order valence-corrected chi connectivity index (χ2v) is 6.30. The van der Waals surface area contributed by atoms with E-state index in [0.29, 0.717) is 6.54 Å². The smallest absolute Gasteiger partial charge is 0.279 e. The third-order valence-corrected chi connectivity index (χ3v) is 4.22. The molecule has 2 rings (SSSR count). The van der Waals surface area contributed by atoms with Crippen LogP contribution in [0.15, 0.2) is 41.6 Å². The minimum atomic E-state index is -3.87. The van der Waals surface area contributed by atoms with E-state index in [0.717, 1.165) is 17.7 Å². The van der Waals surface area contributed by atoms with Gasteiger partial charge in [-0.25, -0.2) is 9.37 Å². The van der Waals surface area contributed by atoms with Crippen molar-refractivity contribution in [3.63, 3.8) is 0 Å². The number of hydrogen-bond donors (Lipinski definition) is 2. The Bertz CT molecular complexity index is 736. The Morgan fingerprint density at radius 3 is 2.62 bits per heavy atom. The molecule has 2 aromatic rings. The molecular formula is C13H13ClFN3O2S. The van der Waals surface area contributed by atoms with Crippen LogP contribution in [-0.4, -0.2) is 20.4 Å². The number of pyridine rings is 1. The minimum absolute atomic E-state index is 0.0228. The second-order valence-electron chi connectivity index (χ2n) is 4.26. The van der Waals surface area contributed by atoms with E-state index in [1.807, 2.05) is 0 Å². The van der Waals surface area contributed by atoms with Crippen molar-refractivity contribution in [1.29, 1.82) is 0 Å². The highest BCUT2D eigenvalue weighted by Crippen LogP contribution is 2.24. The molecule has 0 bridgehead atoms. The Labute approximate surface area is 127 Å². The fourth-order valence-electron chi connectivity index (χ4n) is 1.65. The van der Waals surface area contributed by atoms with Crippen LogP contribution in [0.4, 0.5) is 10.1 Å². The molecule has 0 fully saturated rings. The first kappa shape index (κ1) is 15.7. The van der Waals surface area contributed by atoms with Crippen LogP contribution in [0, 0.1) is 5.82 Å². The van der Waals surface area contributed by atoms with Gasteiger partial charge in [-0.2, -0.15) is 8.42 Å². The Hall–Kier alpha value is -1.70. The van der Waals surface area contributed by atoms with Crippen molar-refractivity contribution in [3.8, 4) is 0 Å². The first-order valence-corrected chi connectivity index (χ1v) is 7.86. The van der Waals surface area contributed by atoms with Crippen molar-refractivity contribution in [2.75, 3.05) is 11.8 Å². The van der Waals surface area contributed by atoms with Crippen LogP contribution >= 0.6 is 11.6 Å². The summed E-state index contributed by atoms with van der Waals surface area (Å²) >= 11 is 5.79. The third kappa shape index (κ3) is 3.90. The van der Waals surface area contributed by atoms with Crippen LogP contribution < -0.4 is 10.0 Å². The summed E-state index contributed by atoms with van der Waals surface area (Å²) in [7, 11) is -2.09. The summed E-state index contributed by atoms with van der Waals surface area (Å²) < 4.78 is 39.5. The first-order chi connectivity index (χ1) is 9.92. The average Bonchev–Trinajstić information content (AvgIpc) is 2.43. The van der Waals surface area contributed by atoms with Gasteiger partial charge < -0.3 is 5.32 Å². The van der Waals surface area contributed by atoms with Gasteiger partial charge in [0.05, 0.1) is 10.7 Å². The van der Waals surface area contributed by atoms with Crippen molar-refractivity contribution < 1.29 is 12.8 Å². The van der Waals surface area contributed by atoms with Gasteiger partial charge in [0.15, 0.2) is 5.03 Å². The Kier molecular flexibility index (Phi) is 4.76. The number of hydrogen-bond acceptors (Lipinski definition) is 4. The minimum Gasteiger partial charge on any atom is -0.316 e. The molecule has 0 aliphatic heterocycles. The molecule has 1 aromatic heterocycles. The summed E-state index contributed by atoms with van der Waals surface area (Å²) in [4.78, 5) is 3.90. The lowest BCUT2D eigenvalue weighted by Gasteiger charge is -2.09. The lowest BCUT2D eigenvalue weighted by Crippen LogP contribution is -2.15. The van der Waals surface area contributed by atoms with Crippen LogP contribution in [0.5, 0.6) is 0 Å². The number of nitrogens with zero attached hydrogens (tertiary/aromatic N) is 1. The van der Waals surface area contributed by atoms with Gasteiger partial charge in [0.1, 0.15) is 5.82 Å². The Morgan fingerprint density at radius 2 is 2.05 bits per heavy atom. The highest BCUT2D eigenvalue weighted by atomic mass is 35.5. The van der Waals surface area contributed by atoms with Gasteiger partial charge in [-0.05, 0) is 36.9 Å². The standard InChI is InChI=1S/C13H13ClFN3O2S/c1-16-7-9-2-5-13(17-8-9)21(19,20)18-12-4-3-10(15)6-11(12)14/h2-6,8,16,18H,7H2,1H3. The van der Waals surface area contributed by atoms with Crippen LogP contribution in [0.1, 0.15) is 5.56 Å². The van der Waals surface area contributed by atoms with Crippen molar-refractivity contribution in [2.45, 2.75) is 11.6 Å². The molecule has 0 atom stereocenters. The van der Waals surface area contributed by atoms with E-state index in [-0.39, 0.29) is 15.7 Å². The summed E-state index contributed by atoms with van der Waals surface area (Å²) in [5.74, 6) is -0.544. The fourth-order valence-corrected chi connectivity index (χ4v) is 2.93. The number of nitrogens with one attached hydrogen (secondary N) is 2. The third-order valence-electron chi connectivity index (χ3n) is 2.63. The van der Waals surface area contributed by atoms with E-state index in [9.17, 15) is 12.8 Å². The summed E-state index contributed by atoms with van der Waals surface area (Å²) in [6.45, 7) is 0.588. The molecule has 0 saturated heterocycles. The zero-order chi connectivity index (χ0) is 15.5. The van der Waals surface area contributed by atoms with Crippen molar-refractivity contribution in [2.24, 2.45) is 0 Å². The van der Waals surface area contributed by atoms with Crippen molar-refractivity contribution in [3.05, 3.63) is 52.9 Å². The average molecular weight is 330 g/mol. The maximum Gasteiger partial charge on any atom is 0.279 e. The number of benzene rings is 1. The van der Waals surface area contributed by atoms with E-state index >= 15 is 0 Å². The quantitative estimate of drug-likeness (QED) is 0.883. The maximum atomic E-state index is 12.9. The molecule has 5 nitrogen and oxygen atoms in total. The van der Waals surface area contributed by atoms with E-state index in [2.05, 4.69) is 15.0 Å². The molecular weight excluding hydrogens is 317 g/mol. The van der Waals surface area contributed by atoms with Crippen molar-refractivity contribution in [1.82, 2.24) is 10.3 Å². The van der Waals surface area contributed by atoms with E-state index in [1.165, 1.54) is 18.3 Å². The molecule has 0 saturated carbocycles. The monoisotopic (exact) mass is 329 g/mol. The molecule has 1 aromatic carbocycles. The molecule has 0 aliphatic rings. The molecule has 21 heavy (non-hydrogen) atoms. The summed E-state index contributed by atoms with van der Waals surface area (Å²) in [6, 6.07) is 6.46. The second kappa shape index (κ2) is 6.38. The SMILES string of the molecule is CNCc1ccc(S(=O)(=O)Nc2ccc(F)cc2Cl)nc1. The predicted octanol–water partition coefficient (Wildman–Crippen LogP) is 2.39. The molecule has 8 heteroatoms. The van der Waals surface area contributed by atoms with Gasteiger partial charge in [-0.1, -0.05) is 17.7 Å². The largest absolute Gasteiger partial charge is 0.316 e. The van der Waals surface area contributed by atoms with Crippen LogP contribution in [0.3, 0.4) is 0 Å². The van der Waals surface area contributed by atoms with Crippen molar-refractivity contribution >= 4 is 27.3 Å². The number of halogens is 2. The van der Waals surface area contributed by atoms with Gasteiger partial charge in [0, 0.05) is 12.7 Å². The number of aromatic nitrogens is 1. The molecule has 2 N–H and O–H groups in total. The summed E-state index contributed by atoms with van der Waals surface area (Å²) in [5.41, 5.74) is 0.954. The van der Waals surface area contributed by atoms with Crippen LogP contribution in [0.2, 0.25) is 5.02 Å². The van der Waals surface area contributed by atoms with Gasteiger partial charge in [-0.3, -0.25) is 4.72 Å². The Morgan fingerprint density at radius 1 is 1.29 bits per heavy atom. The zero-order valence-electron chi connectivity index (χ0n) is 11.1. The highest BCUT2D eigenvalue weighted by Gasteiger charge is 2.17. The van der Waals surface area contributed by atoms with E-state index in [4.69, 9.17) is 11.6 Å². The fraction of sp³-hybridized carbons (Fsp3) is 0.154. The van der Waals surface area contributed by atoms with Gasteiger partial charge in [0.25, 0.3) is 10.0 Å². The molecule has 0 spiro atoms. The first-order valence-electron chi connectivity index (χ1n) is 6.00. The molecule has 0 unspecified atom stereocenters. The lowest BCUT2D eigenvalue weighted by molar-refractivity contribution is 0.597. The number of rotatable bonds is 5. The van der Waals surface area contributed by atoms with Crippen LogP contribution in [-0.2, 0) is 16.6 Å².